The summed E-state index contributed by atoms with van der Waals surface area (Å²) in [5, 5.41) is 22.3. The molecule has 2 bridgehead atoms. The molecule has 1 saturated heterocycles. The first-order valence-corrected chi connectivity index (χ1v) is 9.25. The van der Waals surface area contributed by atoms with Gasteiger partial charge in [-0.25, -0.2) is 0 Å². The van der Waals surface area contributed by atoms with E-state index in [9.17, 15) is 10.2 Å². The molecule has 0 amide bonds. The Morgan fingerprint density at radius 3 is 2.38 bits per heavy atom. The molecule has 21 heavy (non-hydrogen) atoms. The Kier molecular flexibility index (Phi) is 3.41. The van der Waals surface area contributed by atoms with Crippen molar-refractivity contribution in [3.05, 3.63) is 10.6 Å². The van der Waals surface area contributed by atoms with Gasteiger partial charge in [0.15, 0.2) is 0 Å². The Labute approximate surface area is 147 Å². The van der Waals surface area contributed by atoms with Crippen LogP contribution in [0.15, 0.2) is 10.6 Å². The average Bonchev–Trinajstić information content (AvgIpc) is 2.42. The highest BCUT2D eigenvalue weighted by atomic mass is 79.9. The number of hydrogen-bond donors (Lipinski definition) is 2. The van der Waals surface area contributed by atoms with Gasteiger partial charge in [0.1, 0.15) is 0 Å². The van der Waals surface area contributed by atoms with Crippen molar-refractivity contribution in [3.8, 4) is 0 Å². The molecule has 2 aliphatic carbocycles. The second-order valence-corrected chi connectivity index (χ2v) is 10.5. The maximum absolute atomic E-state index is 11.2. The van der Waals surface area contributed by atoms with Gasteiger partial charge in [0.05, 0.1) is 21.1 Å². The van der Waals surface area contributed by atoms with Gasteiger partial charge < -0.3 is 14.9 Å². The molecule has 6 heteroatoms. The molecule has 120 valence electrons. The standard InChI is InChI=1S/C15H21Br2ClO3/c1-11(2)14-6-8(16)12(3,18)7-10(14)21-15(11,20)9(17)5-13(14,4)19/h5,8,10,19-20H,6-7H2,1-4H3. The summed E-state index contributed by atoms with van der Waals surface area (Å²) in [5.74, 6) is -1.43. The van der Waals surface area contributed by atoms with Crippen LogP contribution in [-0.2, 0) is 4.74 Å². The zero-order chi connectivity index (χ0) is 16.1. The fourth-order valence-electron chi connectivity index (χ4n) is 4.74. The Balaban J connectivity index is 2.25. The summed E-state index contributed by atoms with van der Waals surface area (Å²) in [4.78, 5) is -0.438. The van der Waals surface area contributed by atoms with Crippen LogP contribution >= 0.6 is 43.5 Å². The van der Waals surface area contributed by atoms with E-state index in [0.717, 1.165) is 0 Å². The van der Waals surface area contributed by atoms with Crippen molar-refractivity contribution in [1.82, 2.24) is 0 Å². The van der Waals surface area contributed by atoms with Gasteiger partial charge in [-0.05, 0) is 48.7 Å². The fourth-order valence-corrected chi connectivity index (χ4v) is 6.69. The summed E-state index contributed by atoms with van der Waals surface area (Å²) in [6.07, 6.45) is 2.58. The predicted octanol–water partition coefficient (Wildman–Crippen LogP) is 3.68. The highest BCUT2D eigenvalue weighted by Gasteiger charge is 2.79. The number of fused-ring (bicyclic) bond motifs is 1. The van der Waals surface area contributed by atoms with E-state index in [-0.39, 0.29) is 10.9 Å². The van der Waals surface area contributed by atoms with E-state index in [4.69, 9.17) is 16.3 Å². The minimum absolute atomic E-state index is 0.0323. The van der Waals surface area contributed by atoms with Gasteiger partial charge in [-0.15, -0.1) is 11.6 Å². The summed E-state index contributed by atoms with van der Waals surface area (Å²) in [7, 11) is 0. The first-order valence-electron chi connectivity index (χ1n) is 7.16. The van der Waals surface area contributed by atoms with Gasteiger partial charge in [-0.2, -0.15) is 0 Å². The molecular formula is C15H21Br2ClO3. The Morgan fingerprint density at radius 2 is 1.81 bits per heavy atom. The minimum atomic E-state index is -1.43. The van der Waals surface area contributed by atoms with Gasteiger partial charge in [0.25, 0.3) is 0 Å². The molecule has 2 fully saturated rings. The van der Waals surface area contributed by atoms with Crippen molar-refractivity contribution in [2.24, 2.45) is 10.8 Å². The lowest BCUT2D eigenvalue weighted by atomic mass is 9.47. The van der Waals surface area contributed by atoms with Crippen LogP contribution in [0.1, 0.15) is 40.5 Å². The number of alkyl halides is 2. The first kappa shape index (κ1) is 16.7. The quantitative estimate of drug-likeness (QED) is 0.561. The van der Waals surface area contributed by atoms with Crippen LogP contribution in [0.4, 0.5) is 0 Å². The van der Waals surface area contributed by atoms with Crippen molar-refractivity contribution in [1.29, 1.82) is 0 Å². The Bertz CT molecular complexity index is 531. The normalized spacial score (nSPS) is 58.6. The molecule has 0 aromatic heterocycles. The highest BCUT2D eigenvalue weighted by molar-refractivity contribution is 9.11. The van der Waals surface area contributed by atoms with Crippen LogP contribution in [0.3, 0.4) is 0 Å². The SMILES string of the molecule is CC1(Cl)CC2OC3(O)C(Br)=CC(C)(O)C2(CC1Br)C3(C)C. The number of rotatable bonds is 0. The van der Waals surface area contributed by atoms with Crippen molar-refractivity contribution in [2.75, 3.05) is 0 Å². The predicted molar refractivity (Wildman–Crippen MR) is 89.9 cm³/mol. The largest absolute Gasteiger partial charge is 0.385 e. The molecule has 1 heterocycles. The summed E-state index contributed by atoms with van der Waals surface area (Å²) in [6, 6.07) is 0. The lowest BCUT2D eigenvalue weighted by Gasteiger charge is -2.59. The van der Waals surface area contributed by atoms with Crippen LogP contribution in [0.5, 0.6) is 0 Å². The number of aliphatic hydroxyl groups is 2. The summed E-state index contributed by atoms with van der Waals surface area (Å²) >= 11 is 13.7. The Morgan fingerprint density at radius 1 is 1.24 bits per heavy atom. The molecular weight excluding hydrogens is 423 g/mol. The number of halogens is 3. The molecule has 1 aliphatic heterocycles. The third-order valence-electron chi connectivity index (χ3n) is 6.20. The molecule has 1 spiro atoms. The van der Waals surface area contributed by atoms with Gasteiger partial charge in [-0.1, -0.05) is 29.8 Å². The second kappa shape index (κ2) is 4.28. The average molecular weight is 445 g/mol. The molecule has 6 unspecified atom stereocenters. The van der Waals surface area contributed by atoms with Crippen LogP contribution in [0.25, 0.3) is 0 Å². The molecule has 3 rings (SSSR count). The molecule has 0 aromatic carbocycles. The van der Waals surface area contributed by atoms with E-state index in [2.05, 4.69) is 31.9 Å². The van der Waals surface area contributed by atoms with Gasteiger partial charge >= 0.3 is 0 Å². The topological polar surface area (TPSA) is 49.7 Å². The van der Waals surface area contributed by atoms with Gasteiger partial charge in [0, 0.05) is 15.7 Å². The smallest absolute Gasteiger partial charge is 0.205 e. The number of hydrogen-bond acceptors (Lipinski definition) is 3. The van der Waals surface area contributed by atoms with E-state index in [1.54, 1.807) is 13.0 Å². The highest BCUT2D eigenvalue weighted by Crippen LogP contribution is 2.73. The van der Waals surface area contributed by atoms with E-state index in [1.807, 2.05) is 20.8 Å². The molecule has 6 atom stereocenters. The van der Waals surface area contributed by atoms with Crippen molar-refractivity contribution in [2.45, 2.75) is 67.7 Å². The molecule has 0 radical (unpaired) electrons. The molecule has 3 aliphatic rings. The van der Waals surface area contributed by atoms with Crippen molar-refractivity contribution in [3.63, 3.8) is 0 Å². The van der Waals surface area contributed by atoms with Gasteiger partial charge in [-0.3, -0.25) is 0 Å². The van der Waals surface area contributed by atoms with Crippen LogP contribution < -0.4 is 0 Å². The van der Waals surface area contributed by atoms with E-state index in [0.29, 0.717) is 17.3 Å². The van der Waals surface area contributed by atoms with E-state index >= 15 is 0 Å². The molecule has 3 nitrogen and oxygen atoms in total. The third kappa shape index (κ3) is 1.71. The van der Waals surface area contributed by atoms with E-state index in [1.165, 1.54) is 0 Å². The van der Waals surface area contributed by atoms with Crippen LogP contribution in [-0.4, -0.2) is 37.4 Å². The Hall–Kier alpha value is 0.870. The summed E-state index contributed by atoms with van der Waals surface area (Å²) in [6.45, 7) is 7.70. The van der Waals surface area contributed by atoms with Crippen LogP contribution in [0, 0.1) is 10.8 Å². The van der Waals surface area contributed by atoms with Crippen LogP contribution in [0.2, 0.25) is 0 Å². The van der Waals surface area contributed by atoms with Crippen molar-refractivity contribution < 1.29 is 14.9 Å². The minimum Gasteiger partial charge on any atom is -0.385 e. The van der Waals surface area contributed by atoms with E-state index < -0.39 is 27.1 Å². The molecule has 0 aromatic rings. The lowest BCUT2D eigenvalue weighted by Crippen LogP contribution is -2.66. The summed E-state index contributed by atoms with van der Waals surface area (Å²) in [5.41, 5.74) is -2.35. The first-order chi connectivity index (χ1) is 9.32. The maximum atomic E-state index is 11.2. The van der Waals surface area contributed by atoms with Crippen molar-refractivity contribution >= 4 is 43.5 Å². The summed E-state index contributed by atoms with van der Waals surface area (Å²) < 4.78 is 6.58. The fraction of sp³-hybridized carbons (Fsp3) is 0.867. The van der Waals surface area contributed by atoms with Gasteiger partial charge in [0.2, 0.25) is 5.79 Å². The number of ether oxygens (including phenoxy) is 1. The molecule has 1 saturated carbocycles. The zero-order valence-electron chi connectivity index (χ0n) is 12.6. The third-order valence-corrected chi connectivity index (χ3v) is 8.98. The zero-order valence-corrected chi connectivity index (χ0v) is 16.5. The monoisotopic (exact) mass is 442 g/mol. The lowest BCUT2D eigenvalue weighted by molar-refractivity contribution is -0.207. The molecule has 2 N–H and O–H groups in total. The second-order valence-electron chi connectivity index (χ2n) is 7.64. The maximum Gasteiger partial charge on any atom is 0.205 e.